The van der Waals surface area contributed by atoms with E-state index in [4.69, 9.17) is 14.2 Å². The number of amides is 1. The molecular formula is C24H30N2O6. The Morgan fingerprint density at radius 2 is 1.88 bits per heavy atom. The summed E-state index contributed by atoms with van der Waals surface area (Å²) in [4.78, 5) is 40.7. The molecule has 32 heavy (non-hydrogen) atoms. The van der Waals surface area contributed by atoms with Crippen molar-refractivity contribution in [3.8, 4) is 11.5 Å². The van der Waals surface area contributed by atoms with Crippen LogP contribution in [0.3, 0.4) is 0 Å². The molecule has 0 bridgehead atoms. The smallest absolute Gasteiger partial charge is 0.261 e. The number of fused-ring (bicyclic) bond motifs is 1. The zero-order chi connectivity index (χ0) is 23.5. The second-order valence-electron chi connectivity index (χ2n) is 8.79. The Morgan fingerprint density at radius 3 is 2.56 bits per heavy atom. The highest BCUT2D eigenvalue weighted by Crippen LogP contribution is 2.33. The number of aromatic amines is 1. The van der Waals surface area contributed by atoms with Gasteiger partial charge in [-0.15, -0.1) is 0 Å². The van der Waals surface area contributed by atoms with Gasteiger partial charge < -0.3 is 24.5 Å². The van der Waals surface area contributed by atoms with Crippen LogP contribution in [0.4, 0.5) is 0 Å². The summed E-state index contributed by atoms with van der Waals surface area (Å²) in [5.74, 6) is 0.487. The molecule has 3 rings (SSSR count). The molecule has 172 valence electrons. The van der Waals surface area contributed by atoms with E-state index in [9.17, 15) is 14.4 Å². The fourth-order valence-corrected chi connectivity index (χ4v) is 3.86. The maximum Gasteiger partial charge on any atom is 0.261 e. The summed E-state index contributed by atoms with van der Waals surface area (Å²) >= 11 is 0. The minimum atomic E-state index is -0.543. The molecule has 0 spiro atoms. The Kier molecular flexibility index (Phi) is 7.03. The second-order valence-corrected chi connectivity index (χ2v) is 8.79. The molecule has 2 N–H and O–H groups in total. The van der Waals surface area contributed by atoms with E-state index in [1.165, 1.54) is 13.2 Å². The number of ether oxygens (including phenoxy) is 3. The molecule has 1 aliphatic carbocycles. The summed E-state index contributed by atoms with van der Waals surface area (Å²) in [6.45, 7) is 6.61. The monoisotopic (exact) mass is 442 g/mol. The fourth-order valence-electron chi connectivity index (χ4n) is 3.86. The maximum atomic E-state index is 12.9. The average molecular weight is 443 g/mol. The highest BCUT2D eigenvalue weighted by atomic mass is 16.5. The molecule has 1 unspecified atom stereocenters. The molecule has 0 saturated heterocycles. The van der Waals surface area contributed by atoms with E-state index >= 15 is 0 Å². The van der Waals surface area contributed by atoms with Crippen LogP contribution in [-0.2, 0) is 11.2 Å². The zero-order valence-electron chi connectivity index (χ0n) is 19.2. The Hall–Kier alpha value is -3.13. The van der Waals surface area contributed by atoms with Crippen LogP contribution < -0.4 is 20.3 Å². The molecule has 8 nitrogen and oxygen atoms in total. The summed E-state index contributed by atoms with van der Waals surface area (Å²) in [7, 11) is 3.13. The van der Waals surface area contributed by atoms with Gasteiger partial charge in [-0.2, -0.15) is 0 Å². The molecule has 1 aliphatic rings. The number of hydrogen-bond acceptors (Lipinski definition) is 6. The summed E-state index contributed by atoms with van der Waals surface area (Å²) in [5, 5.41) is 2.83. The Bertz CT molecular complexity index is 1070. The number of pyridine rings is 1. The molecule has 1 amide bonds. The normalized spacial score (nSPS) is 15.6. The third-order valence-corrected chi connectivity index (χ3v) is 5.54. The number of nitrogens with one attached hydrogen (secondary N) is 2. The van der Waals surface area contributed by atoms with Gasteiger partial charge in [0.1, 0.15) is 12.2 Å². The van der Waals surface area contributed by atoms with Gasteiger partial charge in [-0.05, 0) is 42.5 Å². The average Bonchev–Trinajstić information content (AvgIpc) is 2.72. The third-order valence-electron chi connectivity index (χ3n) is 5.54. The van der Waals surface area contributed by atoms with Gasteiger partial charge in [-0.3, -0.25) is 14.4 Å². The summed E-state index contributed by atoms with van der Waals surface area (Å²) in [6.07, 6.45) is 0.961. The number of carbonyl (C=O) groups excluding carboxylic acids is 2. The van der Waals surface area contributed by atoms with E-state index in [1.807, 2.05) is 19.9 Å². The minimum Gasteiger partial charge on any atom is -0.493 e. The van der Waals surface area contributed by atoms with Crippen LogP contribution in [0.25, 0.3) is 0 Å². The van der Waals surface area contributed by atoms with Crippen molar-refractivity contribution in [2.24, 2.45) is 5.41 Å². The summed E-state index contributed by atoms with van der Waals surface area (Å²) in [5.41, 5.74) is 0.995. The van der Waals surface area contributed by atoms with Gasteiger partial charge in [0, 0.05) is 24.8 Å². The van der Waals surface area contributed by atoms with Gasteiger partial charge in [0.2, 0.25) is 0 Å². The Morgan fingerprint density at radius 1 is 1.12 bits per heavy atom. The molecular weight excluding hydrogens is 412 g/mol. The number of benzene rings is 1. The highest BCUT2D eigenvalue weighted by molar-refractivity contribution is 6.02. The molecule has 0 fully saturated rings. The van der Waals surface area contributed by atoms with Crippen molar-refractivity contribution >= 4 is 11.7 Å². The van der Waals surface area contributed by atoms with Gasteiger partial charge in [-0.1, -0.05) is 19.9 Å². The molecule has 8 heteroatoms. The number of Topliss-reactive ketones (excluding diaryl/α,β-unsaturated/α-hetero) is 1. The van der Waals surface area contributed by atoms with Crippen LogP contribution in [0, 0.1) is 5.41 Å². The lowest BCUT2D eigenvalue weighted by molar-refractivity contribution is 0.0910. The second kappa shape index (κ2) is 9.56. The minimum absolute atomic E-state index is 0.0663. The summed E-state index contributed by atoms with van der Waals surface area (Å²) < 4.78 is 16.0. The van der Waals surface area contributed by atoms with Crippen LogP contribution in [-0.4, -0.2) is 44.1 Å². The number of carbonyl (C=O) groups is 2. The molecule has 1 aromatic heterocycles. The number of rotatable bonds is 8. The molecule has 1 heterocycles. The molecule has 2 aromatic rings. The number of aromatic nitrogens is 1. The third kappa shape index (κ3) is 5.19. The van der Waals surface area contributed by atoms with E-state index < -0.39 is 17.5 Å². The van der Waals surface area contributed by atoms with Crippen LogP contribution in [0.1, 0.15) is 65.2 Å². The molecule has 1 atom stereocenters. The lowest BCUT2D eigenvalue weighted by Crippen LogP contribution is -2.35. The van der Waals surface area contributed by atoms with Gasteiger partial charge in [0.15, 0.2) is 17.3 Å². The standard InChI is InChI=1S/C24H30N2O6/c1-14(15-6-7-20(21(10-15)31-5)32-9-8-30-4)25-22(28)17-11-16-18(26-23(17)29)12-24(2,3)13-19(16)27/h6-7,10-11,14H,8-9,12-13H2,1-5H3,(H,25,28)(H,26,29). The van der Waals surface area contributed by atoms with Crippen molar-refractivity contribution in [2.75, 3.05) is 27.4 Å². The SMILES string of the molecule is COCCOc1ccc(C(C)NC(=O)c2cc3c([nH]c2=O)CC(C)(C)CC3=O)cc1OC. The van der Waals surface area contributed by atoms with E-state index in [0.29, 0.717) is 48.8 Å². The van der Waals surface area contributed by atoms with E-state index in [1.54, 1.807) is 26.2 Å². The zero-order valence-corrected chi connectivity index (χ0v) is 19.2. The Balaban J connectivity index is 1.78. The van der Waals surface area contributed by atoms with Crippen LogP contribution in [0.2, 0.25) is 0 Å². The number of hydrogen-bond donors (Lipinski definition) is 2. The van der Waals surface area contributed by atoms with Crippen molar-refractivity contribution in [1.82, 2.24) is 10.3 Å². The fraction of sp³-hybridized carbons (Fsp3) is 0.458. The van der Waals surface area contributed by atoms with Crippen LogP contribution in [0.5, 0.6) is 11.5 Å². The van der Waals surface area contributed by atoms with Crippen molar-refractivity contribution in [2.45, 2.75) is 39.7 Å². The van der Waals surface area contributed by atoms with Gasteiger partial charge in [0.25, 0.3) is 11.5 Å². The van der Waals surface area contributed by atoms with Crippen molar-refractivity contribution in [3.63, 3.8) is 0 Å². The highest BCUT2D eigenvalue weighted by Gasteiger charge is 2.32. The van der Waals surface area contributed by atoms with Crippen molar-refractivity contribution in [1.29, 1.82) is 0 Å². The van der Waals surface area contributed by atoms with Crippen molar-refractivity contribution < 1.29 is 23.8 Å². The summed E-state index contributed by atoms with van der Waals surface area (Å²) in [6, 6.07) is 6.36. The number of methoxy groups -OCH3 is 2. The van der Waals surface area contributed by atoms with E-state index in [-0.39, 0.29) is 16.8 Å². The number of H-pyrrole nitrogens is 1. The first-order valence-corrected chi connectivity index (χ1v) is 10.5. The van der Waals surface area contributed by atoms with Gasteiger partial charge >= 0.3 is 0 Å². The Labute approximate surface area is 187 Å². The van der Waals surface area contributed by atoms with Gasteiger partial charge in [-0.25, -0.2) is 0 Å². The topological polar surface area (TPSA) is 107 Å². The molecule has 0 aliphatic heterocycles. The lowest BCUT2D eigenvalue weighted by Gasteiger charge is -2.29. The van der Waals surface area contributed by atoms with E-state index in [2.05, 4.69) is 10.3 Å². The molecule has 0 saturated carbocycles. The van der Waals surface area contributed by atoms with Crippen molar-refractivity contribution in [3.05, 3.63) is 57.0 Å². The first-order valence-electron chi connectivity index (χ1n) is 10.5. The predicted octanol–water partition coefficient (Wildman–Crippen LogP) is 3.05. The number of ketones is 1. The first kappa shape index (κ1) is 23.5. The van der Waals surface area contributed by atoms with Gasteiger partial charge in [0.05, 0.1) is 19.8 Å². The van der Waals surface area contributed by atoms with E-state index in [0.717, 1.165) is 5.56 Å². The lowest BCUT2D eigenvalue weighted by atomic mass is 9.75. The van der Waals surface area contributed by atoms with Crippen LogP contribution in [0.15, 0.2) is 29.1 Å². The predicted molar refractivity (Wildman–Crippen MR) is 120 cm³/mol. The first-order chi connectivity index (χ1) is 15.1. The quantitative estimate of drug-likeness (QED) is 0.609. The molecule has 0 radical (unpaired) electrons. The van der Waals surface area contributed by atoms with Crippen LogP contribution >= 0.6 is 0 Å². The largest absolute Gasteiger partial charge is 0.493 e. The molecule has 1 aromatic carbocycles. The maximum absolute atomic E-state index is 12.9.